The molecule has 29 heavy (non-hydrogen) atoms. The number of aromatic nitrogens is 1. The topological polar surface area (TPSA) is 36.4 Å². The first-order chi connectivity index (χ1) is 14.2. The first kappa shape index (κ1) is 20.0. The van der Waals surface area contributed by atoms with Gasteiger partial charge in [0, 0.05) is 39.1 Å². The summed E-state index contributed by atoms with van der Waals surface area (Å²) < 4.78 is 14.3. The summed E-state index contributed by atoms with van der Waals surface area (Å²) in [7, 11) is 0. The highest BCUT2D eigenvalue weighted by atomic mass is 32.1. The van der Waals surface area contributed by atoms with E-state index in [0.29, 0.717) is 6.42 Å². The average molecular weight is 412 g/mol. The van der Waals surface area contributed by atoms with Crippen LogP contribution in [0.5, 0.6) is 0 Å². The van der Waals surface area contributed by atoms with Crippen LogP contribution in [0.1, 0.15) is 29.8 Å². The number of amides is 1. The van der Waals surface area contributed by atoms with E-state index >= 15 is 0 Å². The maximum absolute atomic E-state index is 13.1. The number of fused-ring (bicyclic) bond motifs is 1. The molecule has 0 N–H and O–H groups in total. The zero-order valence-electron chi connectivity index (χ0n) is 16.5. The maximum atomic E-state index is 13.1. The summed E-state index contributed by atoms with van der Waals surface area (Å²) in [5, 5.41) is 1.11. The lowest BCUT2D eigenvalue weighted by molar-refractivity contribution is -0.131. The van der Waals surface area contributed by atoms with Crippen molar-refractivity contribution in [1.82, 2.24) is 14.8 Å². The van der Waals surface area contributed by atoms with E-state index < -0.39 is 0 Å². The second-order valence-electron chi connectivity index (χ2n) is 7.57. The lowest BCUT2D eigenvalue weighted by Crippen LogP contribution is -2.35. The van der Waals surface area contributed by atoms with Gasteiger partial charge in [-0.25, -0.2) is 9.37 Å². The van der Waals surface area contributed by atoms with Gasteiger partial charge in [0.1, 0.15) is 5.82 Å². The number of carbonyl (C=O) groups is 1. The van der Waals surface area contributed by atoms with E-state index in [1.54, 1.807) is 11.3 Å². The number of hydrogen-bond donors (Lipinski definition) is 0. The molecule has 1 aliphatic heterocycles. The van der Waals surface area contributed by atoms with Gasteiger partial charge in [0.05, 0.1) is 15.2 Å². The molecule has 6 heteroatoms. The van der Waals surface area contributed by atoms with E-state index in [2.05, 4.69) is 16.0 Å². The Morgan fingerprint density at radius 2 is 1.86 bits per heavy atom. The number of aryl methyl sites for hydroxylation is 1. The monoisotopic (exact) mass is 411 g/mol. The first-order valence-electron chi connectivity index (χ1n) is 10.3. The van der Waals surface area contributed by atoms with E-state index in [1.165, 1.54) is 16.8 Å². The van der Waals surface area contributed by atoms with Gasteiger partial charge in [0.2, 0.25) is 5.91 Å². The fourth-order valence-electron chi connectivity index (χ4n) is 3.80. The van der Waals surface area contributed by atoms with Crippen molar-refractivity contribution in [2.75, 3.05) is 26.2 Å². The quantitative estimate of drug-likeness (QED) is 0.600. The zero-order valence-corrected chi connectivity index (χ0v) is 17.3. The zero-order chi connectivity index (χ0) is 20.1. The molecule has 1 fully saturated rings. The van der Waals surface area contributed by atoms with Crippen LogP contribution in [0.4, 0.5) is 4.39 Å². The minimum atomic E-state index is -0.202. The molecule has 4 rings (SSSR count). The third-order valence-electron chi connectivity index (χ3n) is 5.38. The van der Waals surface area contributed by atoms with Crippen LogP contribution in [0.2, 0.25) is 0 Å². The Morgan fingerprint density at radius 1 is 1.03 bits per heavy atom. The Morgan fingerprint density at radius 3 is 2.69 bits per heavy atom. The number of thiazole rings is 1. The molecule has 0 radical (unpaired) electrons. The SMILES string of the molecule is O=C(CCCc1nc2ccccc2s1)N1CCCN(Cc2ccc(F)cc2)CC1. The molecular formula is C23H26FN3OS. The molecule has 0 aliphatic carbocycles. The van der Waals surface area contributed by atoms with Gasteiger partial charge in [0.15, 0.2) is 0 Å². The van der Waals surface area contributed by atoms with Crippen molar-refractivity contribution in [3.8, 4) is 0 Å². The summed E-state index contributed by atoms with van der Waals surface area (Å²) in [5.41, 5.74) is 2.16. The predicted molar refractivity (Wildman–Crippen MR) is 115 cm³/mol. The molecular weight excluding hydrogens is 385 g/mol. The molecule has 0 saturated carbocycles. The Labute approximate surface area is 175 Å². The molecule has 4 nitrogen and oxygen atoms in total. The number of para-hydroxylation sites is 1. The van der Waals surface area contributed by atoms with Gasteiger partial charge in [-0.05, 0) is 49.1 Å². The van der Waals surface area contributed by atoms with E-state index in [0.717, 1.165) is 68.1 Å². The van der Waals surface area contributed by atoms with Crippen LogP contribution in [-0.4, -0.2) is 46.9 Å². The number of benzene rings is 2. The predicted octanol–water partition coefficient (Wildman–Crippen LogP) is 4.49. The average Bonchev–Trinajstić information content (AvgIpc) is 3.00. The van der Waals surface area contributed by atoms with E-state index in [1.807, 2.05) is 35.2 Å². The molecule has 1 aliphatic rings. The molecule has 1 aromatic heterocycles. The van der Waals surface area contributed by atoms with Gasteiger partial charge in [0.25, 0.3) is 0 Å². The summed E-state index contributed by atoms with van der Waals surface area (Å²) in [6.07, 6.45) is 3.25. The molecule has 1 saturated heterocycles. The van der Waals surface area contributed by atoms with E-state index in [9.17, 15) is 9.18 Å². The summed E-state index contributed by atoms with van der Waals surface area (Å²) >= 11 is 1.72. The molecule has 0 atom stereocenters. The van der Waals surface area contributed by atoms with Crippen LogP contribution in [-0.2, 0) is 17.8 Å². The summed E-state index contributed by atoms with van der Waals surface area (Å²) in [4.78, 5) is 21.7. The number of nitrogens with zero attached hydrogens (tertiary/aromatic N) is 3. The summed E-state index contributed by atoms with van der Waals surface area (Å²) in [6.45, 7) is 4.22. The molecule has 3 aromatic rings. The molecule has 0 bridgehead atoms. The number of carbonyl (C=O) groups excluding carboxylic acids is 1. The van der Waals surface area contributed by atoms with Crippen molar-refractivity contribution < 1.29 is 9.18 Å². The van der Waals surface area contributed by atoms with Crippen molar-refractivity contribution in [3.05, 3.63) is 64.9 Å². The van der Waals surface area contributed by atoms with Crippen LogP contribution in [0.25, 0.3) is 10.2 Å². The van der Waals surface area contributed by atoms with Gasteiger partial charge in [-0.3, -0.25) is 9.69 Å². The van der Waals surface area contributed by atoms with Gasteiger partial charge in [-0.1, -0.05) is 24.3 Å². The highest BCUT2D eigenvalue weighted by molar-refractivity contribution is 7.18. The highest BCUT2D eigenvalue weighted by Crippen LogP contribution is 2.23. The standard InChI is InChI=1S/C23H26FN3OS/c24-19-11-9-18(10-12-19)17-26-13-4-14-27(16-15-26)23(28)8-3-7-22-25-20-5-1-2-6-21(20)29-22/h1-2,5-6,9-12H,3-4,7-8,13-17H2. The third-order valence-corrected chi connectivity index (χ3v) is 6.48. The first-order valence-corrected chi connectivity index (χ1v) is 11.1. The van der Waals surface area contributed by atoms with Crippen LogP contribution in [0.15, 0.2) is 48.5 Å². The third kappa shape index (κ3) is 5.40. The summed E-state index contributed by atoms with van der Waals surface area (Å²) in [6, 6.07) is 14.9. The van der Waals surface area contributed by atoms with Crippen LogP contribution >= 0.6 is 11.3 Å². The Hall–Kier alpha value is -2.31. The molecule has 2 heterocycles. The minimum Gasteiger partial charge on any atom is -0.341 e. The van der Waals surface area contributed by atoms with Gasteiger partial charge < -0.3 is 4.90 Å². The van der Waals surface area contributed by atoms with Gasteiger partial charge in [-0.2, -0.15) is 0 Å². The lowest BCUT2D eigenvalue weighted by atomic mass is 10.2. The second kappa shape index (κ2) is 9.46. The lowest BCUT2D eigenvalue weighted by Gasteiger charge is -2.22. The fourth-order valence-corrected chi connectivity index (χ4v) is 4.81. The fraction of sp³-hybridized carbons (Fsp3) is 0.391. The van der Waals surface area contributed by atoms with Gasteiger partial charge in [-0.15, -0.1) is 11.3 Å². The maximum Gasteiger partial charge on any atom is 0.222 e. The van der Waals surface area contributed by atoms with Crippen molar-refractivity contribution >= 4 is 27.5 Å². The number of rotatable bonds is 6. The molecule has 2 aromatic carbocycles. The van der Waals surface area contributed by atoms with Crippen LogP contribution in [0.3, 0.4) is 0 Å². The molecule has 0 unspecified atom stereocenters. The van der Waals surface area contributed by atoms with Crippen molar-refractivity contribution in [2.24, 2.45) is 0 Å². The molecule has 0 spiro atoms. The largest absolute Gasteiger partial charge is 0.341 e. The highest BCUT2D eigenvalue weighted by Gasteiger charge is 2.19. The van der Waals surface area contributed by atoms with Crippen molar-refractivity contribution in [1.29, 1.82) is 0 Å². The normalized spacial score (nSPS) is 15.6. The molecule has 152 valence electrons. The van der Waals surface area contributed by atoms with E-state index in [4.69, 9.17) is 0 Å². The van der Waals surface area contributed by atoms with Crippen molar-refractivity contribution in [2.45, 2.75) is 32.2 Å². The van der Waals surface area contributed by atoms with Crippen LogP contribution < -0.4 is 0 Å². The summed E-state index contributed by atoms with van der Waals surface area (Å²) in [5.74, 6) is 0.0435. The Bertz CT molecular complexity index is 923. The molecule has 1 amide bonds. The van der Waals surface area contributed by atoms with Crippen LogP contribution in [0, 0.1) is 5.82 Å². The second-order valence-corrected chi connectivity index (χ2v) is 8.68. The minimum absolute atomic E-state index is 0.202. The number of halogens is 1. The van der Waals surface area contributed by atoms with Crippen molar-refractivity contribution in [3.63, 3.8) is 0 Å². The van der Waals surface area contributed by atoms with E-state index in [-0.39, 0.29) is 11.7 Å². The number of hydrogen-bond acceptors (Lipinski definition) is 4. The van der Waals surface area contributed by atoms with Gasteiger partial charge >= 0.3 is 0 Å². The Kier molecular flexibility index (Phi) is 6.52. The smallest absolute Gasteiger partial charge is 0.222 e. The Balaban J connectivity index is 1.23.